The zero-order chi connectivity index (χ0) is 16.2. The van der Waals surface area contributed by atoms with Crippen LogP contribution in [0.1, 0.15) is 0 Å². The first kappa shape index (κ1) is 21.3. The van der Waals surface area contributed by atoms with Crippen LogP contribution in [-0.2, 0) is 4.74 Å². The molecule has 20 heavy (non-hydrogen) atoms. The van der Waals surface area contributed by atoms with Gasteiger partial charge in [-0.2, -0.15) is 0 Å². The minimum absolute atomic E-state index is 0.769. The van der Waals surface area contributed by atoms with Gasteiger partial charge in [-0.25, -0.2) is 4.42 Å². The predicted octanol–water partition coefficient (Wildman–Crippen LogP) is 1.30. The highest BCUT2D eigenvalue weighted by molar-refractivity contribution is 6.50. The summed E-state index contributed by atoms with van der Waals surface area (Å²) in [5.41, 5.74) is 0. The average molecular weight is 305 g/mol. The summed E-state index contributed by atoms with van der Waals surface area (Å²) in [4.78, 5) is 4.13. The van der Waals surface area contributed by atoms with E-state index < -0.39 is 7.25 Å². The van der Waals surface area contributed by atoms with Crippen LogP contribution in [0.5, 0.6) is 0 Å². The minimum Gasteiger partial charge on any atom is -0.418 e. The fourth-order valence-corrected chi connectivity index (χ4v) is 1.16. The van der Waals surface area contributed by atoms with Crippen molar-refractivity contribution in [1.82, 2.24) is 15.1 Å². The second-order valence-electron chi connectivity index (χ2n) is 4.06. The molecule has 1 saturated heterocycles. The summed E-state index contributed by atoms with van der Waals surface area (Å²) in [5.74, 6) is 0. The van der Waals surface area contributed by atoms with Crippen molar-refractivity contribution in [3.05, 3.63) is 0 Å². The molecule has 0 spiro atoms. The molecule has 5 nitrogen and oxygen atoms in total. The van der Waals surface area contributed by atoms with E-state index >= 15 is 0 Å². The maximum absolute atomic E-state index is 9.75. The van der Waals surface area contributed by atoms with Gasteiger partial charge in [0.25, 0.3) is 7.11 Å². The molecule has 1 aliphatic heterocycles. The second kappa shape index (κ2) is 11.8. The summed E-state index contributed by atoms with van der Waals surface area (Å²) in [6.45, 7) is 4.02. The Morgan fingerprint density at radius 3 is 1.70 bits per heavy atom. The molecular formula is C10H24BF4N3O2. The Labute approximate surface area is 117 Å². The number of urea groups is 1. The largest absolute Gasteiger partial charge is 0.673 e. The molecule has 0 radical (unpaired) electrons. The van der Waals surface area contributed by atoms with E-state index in [4.69, 9.17) is 9.16 Å². The fourth-order valence-electron chi connectivity index (χ4n) is 1.16. The Morgan fingerprint density at radius 2 is 1.60 bits per heavy atom. The van der Waals surface area contributed by atoms with E-state index in [1.54, 1.807) is 7.11 Å². The van der Waals surface area contributed by atoms with Gasteiger partial charge in [0, 0.05) is 34.2 Å². The third-order valence-corrected chi connectivity index (χ3v) is 2.05. The van der Waals surface area contributed by atoms with Crippen LogP contribution in [-0.4, -0.2) is 84.7 Å². The molecule has 0 saturated carbocycles. The van der Waals surface area contributed by atoms with E-state index in [1.807, 2.05) is 26.0 Å². The summed E-state index contributed by atoms with van der Waals surface area (Å²) in [6.07, 6.45) is 0. The van der Waals surface area contributed by atoms with Gasteiger partial charge < -0.3 is 26.9 Å². The highest BCUT2D eigenvalue weighted by Gasteiger charge is 2.20. The molecule has 10 heteroatoms. The van der Waals surface area contributed by atoms with Crippen molar-refractivity contribution >= 4 is 13.3 Å². The van der Waals surface area contributed by atoms with Crippen LogP contribution in [0, 0.1) is 0 Å². The lowest BCUT2D eigenvalue weighted by molar-refractivity contribution is -0.0946. The van der Waals surface area contributed by atoms with Crippen LogP contribution >= 0.6 is 0 Å². The molecule has 0 atom stereocenters. The van der Waals surface area contributed by atoms with E-state index in [1.165, 1.54) is 0 Å². The van der Waals surface area contributed by atoms with E-state index in [-0.39, 0.29) is 0 Å². The minimum atomic E-state index is -6.00. The maximum atomic E-state index is 9.75. The maximum Gasteiger partial charge on any atom is 0.673 e. The van der Waals surface area contributed by atoms with Gasteiger partial charge in [-0.15, -0.1) is 0 Å². The molecule has 0 aromatic rings. The molecule has 1 fully saturated rings. The molecule has 0 bridgehead atoms. The van der Waals surface area contributed by atoms with Gasteiger partial charge in [0.1, 0.15) is 0 Å². The highest BCUT2D eigenvalue weighted by atomic mass is 19.5. The van der Waals surface area contributed by atoms with Gasteiger partial charge in [-0.3, -0.25) is 10.2 Å². The molecule has 0 aliphatic carbocycles. The number of morpholine rings is 1. The standard InChI is InChI=1S/C5H13N2O.C5H11NO.BF4/c1-6-5(8-4)7(2)3;1-6-2-4-7-5-3-6;2-1(3,4)5/h6H,1-4H3;2-5H2,1H3;/q+1;;-1. The third-order valence-electron chi connectivity index (χ3n) is 2.05. The van der Waals surface area contributed by atoms with Crippen LogP contribution in [0.2, 0.25) is 0 Å². The van der Waals surface area contributed by atoms with Gasteiger partial charge >= 0.3 is 13.3 Å². The molecule has 0 unspecified atom stereocenters. The molecular weight excluding hydrogens is 281 g/mol. The topological polar surface area (TPSA) is 39.0 Å². The van der Waals surface area contributed by atoms with Crippen molar-refractivity contribution in [1.29, 1.82) is 0 Å². The van der Waals surface area contributed by atoms with Crippen LogP contribution < -0.4 is 5.32 Å². The predicted molar refractivity (Wildman–Crippen MR) is 72.6 cm³/mol. The Kier molecular flexibility index (Phi) is 12.5. The number of hydrogen-bond acceptors (Lipinski definition) is 2. The van der Waals surface area contributed by atoms with Crippen molar-refractivity contribution < 1.29 is 26.4 Å². The van der Waals surface area contributed by atoms with Gasteiger partial charge in [0.15, 0.2) is 0 Å². The smallest absolute Gasteiger partial charge is 0.418 e. The second-order valence-corrected chi connectivity index (χ2v) is 4.06. The Balaban J connectivity index is 0. The summed E-state index contributed by atoms with van der Waals surface area (Å²) < 4.78 is 49.0. The molecule has 122 valence electrons. The Hall–Kier alpha value is -1.03. The summed E-state index contributed by atoms with van der Waals surface area (Å²) in [6, 6.07) is 0.769. The van der Waals surface area contributed by atoms with Gasteiger partial charge in [0.2, 0.25) is 0 Å². The molecule has 1 aliphatic rings. The van der Waals surface area contributed by atoms with E-state index in [9.17, 15) is 17.3 Å². The van der Waals surface area contributed by atoms with Crippen molar-refractivity contribution in [3.63, 3.8) is 0 Å². The number of ether oxygens (including phenoxy) is 1. The number of amides is 2. The first-order valence-electron chi connectivity index (χ1n) is 6.01. The van der Waals surface area contributed by atoms with Crippen LogP contribution in [0.3, 0.4) is 0 Å². The van der Waals surface area contributed by atoms with Crippen LogP contribution in [0.15, 0.2) is 0 Å². The van der Waals surface area contributed by atoms with Gasteiger partial charge in [-0.1, -0.05) is 0 Å². The van der Waals surface area contributed by atoms with Crippen molar-refractivity contribution in [2.24, 2.45) is 0 Å². The number of likely N-dealkylation sites (N-methyl/N-ethyl adjacent to an activating group) is 1. The van der Waals surface area contributed by atoms with Crippen molar-refractivity contribution in [3.8, 4) is 0 Å². The number of rotatable bonds is 0. The van der Waals surface area contributed by atoms with E-state index in [0.29, 0.717) is 0 Å². The molecule has 1 N–H and O–H groups in total. The van der Waals surface area contributed by atoms with E-state index in [0.717, 1.165) is 32.3 Å². The monoisotopic (exact) mass is 305 g/mol. The zero-order valence-corrected chi connectivity index (χ0v) is 12.6. The van der Waals surface area contributed by atoms with Crippen molar-refractivity contribution in [2.45, 2.75) is 0 Å². The number of halogens is 4. The normalized spacial score (nSPS) is 16.4. The van der Waals surface area contributed by atoms with Crippen LogP contribution in [0.4, 0.5) is 21.7 Å². The molecule has 1 rings (SSSR count). The summed E-state index contributed by atoms with van der Waals surface area (Å²) in [5, 5.41) is 2.87. The number of carbonyl (C=O) groups excluding carboxylic acids is 1. The quantitative estimate of drug-likeness (QED) is 0.416. The van der Waals surface area contributed by atoms with Gasteiger partial charge in [-0.05, 0) is 7.05 Å². The Bertz CT molecular complexity index is 253. The number of nitrogens with zero attached hydrogens (tertiary/aromatic N) is 2. The molecule has 0 aromatic carbocycles. The average Bonchev–Trinajstić information content (AvgIpc) is 2.29. The summed E-state index contributed by atoms with van der Waals surface area (Å²) in [7, 11) is 3.39. The van der Waals surface area contributed by atoms with Crippen LogP contribution in [0.25, 0.3) is 0 Å². The number of hydrogen-bond donors (Lipinski definition) is 1. The lowest BCUT2D eigenvalue weighted by Crippen LogP contribution is -2.32. The summed E-state index contributed by atoms with van der Waals surface area (Å²) >= 11 is 0. The van der Waals surface area contributed by atoms with E-state index in [2.05, 4.69) is 17.3 Å². The molecule has 1 heterocycles. The lowest BCUT2D eigenvalue weighted by atomic mass is 10.3. The Morgan fingerprint density at radius 1 is 1.20 bits per heavy atom. The van der Waals surface area contributed by atoms with Gasteiger partial charge in [0.05, 0.1) is 13.2 Å². The zero-order valence-electron chi connectivity index (χ0n) is 12.6. The first-order chi connectivity index (χ1) is 9.11. The number of nitrogens with one attached hydrogen (secondary N) is 1. The SMILES string of the molecule is CN1CCOCC1.CNC(=[O+]C)N(C)C.F[B-](F)(F)F. The molecule has 2 amide bonds. The first-order valence-corrected chi connectivity index (χ1v) is 6.01. The lowest BCUT2D eigenvalue weighted by Gasteiger charge is -2.21. The molecule has 0 aromatic heterocycles. The fraction of sp³-hybridized carbons (Fsp3) is 0.900. The highest BCUT2D eigenvalue weighted by Crippen LogP contribution is 2.06. The van der Waals surface area contributed by atoms with Crippen molar-refractivity contribution in [2.75, 3.05) is 61.6 Å². The third kappa shape index (κ3) is 19.3.